The molecule has 0 spiro atoms. The summed E-state index contributed by atoms with van der Waals surface area (Å²) < 4.78 is 0. The molecule has 0 saturated heterocycles. The van der Waals surface area contributed by atoms with Crippen molar-refractivity contribution in [2.24, 2.45) is 0 Å². The van der Waals surface area contributed by atoms with Gasteiger partial charge in [0.1, 0.15) is 28.3 Å². The van der Waals surface area contributed by atoms with Gasteiger partial charge in [-0.05, 0) is 43.2 Å². The van der Waals surface area contributed by atoms with E-state index in [4.69, 9.17) is 9.97 Å². The Balaban J connectivity index is 1.37. The van der Waals surface area contributed by atoms with E-state index in [2.05, 4.69) is 11.4 Å². The van der Waals surface area contributed by atoms with E-state index in [0.717, 1.165) is 33.4 Å². The number of aromatic hydroxyl groups is 3. The van der Waals surface area contributed by atoms with Gasteiger partial charge in [-0.15, -0.1) is 0 Å². The number of anilines is 1. The van der Waals surface area contributed by atoms with E-state index in [1.165, 1.54) is 0 Å². The van der Waals surface area contributed by atoms with Crippen LogP contribution in [0, 0.1) is 0 Å². The monoisotopic (exact) mass is 475 g/mol. The van der Waals surface area contributed by atoms with Crippen molar-refractivity contribution in [3.63, 3.8) is 0 Å². The average Bonchev–Trinajstić information content (AvgIpc) is 2.89. The number of hydrogen-bond acceptors (Lipinski definition) is 6. The van der Waals surface area contributed by atoms with Crippen LogP contribution in [0.2, 0.25) is 0 Å². The third kappa shape index (κ3) is 4.07. The molecule has 0 radical (unpaired) electrons. The van der Waals surface area contributed by atoms with Gasteiger partial charge in [-0.25, -0.2) is 9.97 Å². The van der Waals surface area contributed by atoms with Crippen molar-refractivity contribution in [2.45, 2.75) is 24.8 Å². The van der Waals surface area contributed by atoms with Gasteiger partial charge in [0.15, 0.2) is 0 Å². The van der Waals surface area contributed by atoms with Crippen molar-refractivity contribution in [2.75, 3.05) is 5.32 Å². The summed E-state index contributed by atoms with van der Waals surface area (Å²) in [6.45, 7) is 0. The van der Waals surface area contributed by atoms with Gasteiger partial charge in [0.2, 0.25) is 0 Å². The molecule has 6 rings (SSSR count). The Morgan fingerprint density at radius 3 is 2.17 bits per heavy atom. The predicted molar refractivity (Wildman–Crippen MR) is 142 cm³/mol. The Morgan fingerprint density at radius 2 is 1.39 bits per heavy atom. The minimum absolute atomic E-state index is 0.0356. The molecule has 2 unspecified atom stereocenters. The number of para-hydroxylation sites is 3. The fourth-order valence-electron chi connectivity index (χ4n) is 4.97. The molecule has 6 heteroatoms. The van der Waals surface area contributed by atoms with Gasteiger partial charge in [0.05, 0.1) is 5.69 Å². The Bertz CT molecular complexity index is 1630. The van der Waals surface area contributed by atoms with Gasteiger partial charge in [-0.2, -0.15) is 0 Å². The standard InChI is InChI=1S/C30H25N3O3/c34-25-7-1-4-18-10-13-22(31-28(18)25)16-21(24-15-12-20-6-3-9-27(36)30(20)33-24)17-23-14-11-19-5-2-8-26(35)29(19)32-23/h1-15,21-22,31,34-36H,16-17H2. The van der Waals surface area contributed by atoms with Crippen LogP contribution in [0.3, 0.4) is 0 Å². The number of hydrogen-bond donors (Lipinski definition) is 4. The second-order valence-corrected chi connectivity index (χ2v) is 9.22. The Morgan fingerprint density at radius 1 is 0.722 bits per heavy atom. The molecule has 2 aromatic heterocycles. The van der Waals surface area contributed by atoms with Gasteiger partial charge >= 0.3 is 0 Å². The summed E-state index contributed by atoms with van der Waals surface area (Å²) in [6.07, 6.45) is 5.42. The van der Waals surface area contributed by atoms with Crippen molar-refractivity contribution < 1.29 is 15.3 Å². The number of phenols is 3. The lowest BCUT2D eigenvalue weighted by molar-refractivity contribution is 0.475. The quantitative estimate of drug-likeness (QED) is 0.229. The second kappa shape index (κ2) is 8.89. The highest BCUT2D eigenvalue weighted by molar-refractivity contribution is 5.85. The Kier molecular flexibility index (Phi) is 5.41. The zero-order valence-corrected chi connectivity index (χ0v) is 19.5. The topological polar surface area (TPSA) is 98.5 Å². The van der Waals surface area contributed by atoms with E-state index in [9.17, 15) is 15.3 Å². The normalized spacial score (nSPS) is 15.5. The first-order chi connectivity index (χ1) is 17.5. The van der Waals surface area contributed by atoms with Crippen LogP contribution in [-0.4, -0.2) is 31.3 Å². The molecule has 0 amide bonds. The van der Waals surface area contributed by atoms with E-state index < -0.39 is 0 Å². The van der Waals surface area contributed by atoms with Crippen molar-refractivity contribution in [3.8, 4) is 17.2 Å². The van der Waals surface area contributed by atoms with Crippen LogP contribution in [0.5, 0.6) is 17.2 Å². The zero-order valence-electron chi connectivity index (χ0n) is 19.5. The summed E-state index contributed by atoms with van der Waals surface area (Å²) in [5, 5.41) is 36.3. The van der Waals surface area contributed by atoms with Crippen molar-refractivity contribution in [3.05, 3.63) is 102 Å². The van der Waals surface area contributed by atoms with E-state index in [1.807, 2.05) is 66.7 Å². The third-order valence-corrected chi connectivity index (χ3v) is 6.80. The van der Waals surface area contributed by atoms with Gasteiger partial charge in [-0.3, -0.25) is 0 Å². The van der Waals surface area contributed by atoms with Crippen LogP contribution in [0.15, 0.2) is 84.9 Å². The molecule has 178 valence electrons. The maximum Gasteiger partial charge on any atom is 0.141 e. The van der Waals surface area contributed by atoms with E-state index in [-0.39, 0.29) is 29.2 Å². The summed E-state index contributed by atoms with van der Waals surface area (Å²) in [5.74, 6) is 0.484. The lowest BCUT2D eigenvalue weighted by atomic mass is 9.89. The van der Waals surface area contributed by atoms with Crippen molar-refractivity contribution >= 4 is 33.6 Å². The molecular weight excluding hydrogens is 450 g/mol. The van der Waals surface area contributed by atoms with E-state index >= 15 is 0 Å². The first-order valence-corrected chi connectivity index (χ1v) is 12.0. The number of pyridine rings is 2. The minimum Gasteiger partial charge on any atom is -0.506 e. The number of aromatic nitrogens is 2. The first-order valence-electron chi connectivity index (χ1n) is 12.0. The third-order valence-electron chi connectivity index (χ3n) is 6.80. The predicted octanol–water partition coefficient (Wildman–Crippen LogP) is 6.12. The lowest BCUT2D eigenvalue weighted by Crippen LogP contribution is -2.24. The molecule has 1 aliphatic rings. The number of nitrogens with one attached hydrogen (secondary N) is 1. The molecule has 2 atom stereocenters. The highest BCUT2D eigenvalue weighted by Crippen LogP contribution is 2.36. The molecule has 1 aliphatic heterocycles. The molecule has 3 aromatic carbocycles. The molecule has 0 saturated carbocycles. The molecule has 4 N–H and O–H groups in total. The highest BCUT2D eigenvalue weighted by atomic mass is 16.3. The maximum absolute atomic E-state index is 10.4. The lowest BCUT2D eigenvalue weighted by Gasteiger charge is -2.27. The zero-order chi connectivity index (χ0) is 24.6. The summed E-state index contributed by atoms with van der Waals surface area (Å²) in [7, 11) is 0. The van der Waals surface area contributed by atoms with Crippen LogP contribution in [0.1, 0.15) is 29.3 Å². The van der Waals surface area contributed by atoms with Gasteiger partial charge < -0.3 is 20.6 Å². The SMILES string of the molecule is Oc1cccc2c1NC(CC(Cc1ccc3cccc(O)c3n1)c1ccc3cccc(O)c3n1)C=C2. The van der Waals surface area contributed by atoms with Crippen LogP contribution in [-0.2, 0) is 6.42 Å². The molecule has 6 nitrogen and oxygen atoms in total. The first kappa shape index (κ1) is 21.9. The number of fused-ring (bicyclic) bond motifs is 3. The summed E-state index contributed by atoms with van der Waals surface area (Å²) in [5.41, 5.74) is 4.51. The number of benzene rings is 3. The molecule has 0 fully saturated rings. The van der Waals surface area contributed by atoms with Crippen molar-refractivity contribution in [1.82, 2.24) is 9.97 Å². The number of nitrogens with zero attached hydrogens (tertiary/aromatic N) is 2. The van der Waals surface area contributed by atoms with Crippen LogP contribution < -0.4 is 5.32 Å². The van der Waals surface area contributed by atoms with Crippen LogP contribution in [0.25, 0.3) is 27.9 Å². The Hall–Kier alpha value is -4.58. The largest absolute Gasteiger partial charge is 0.506 e. The highest BCUT2D eigenvalue weighted by Gasteiger charge is 2.23. The van der Waals surface area contributed by atoms with E-state index in [1.54, 1.807) is 18.2 Å². The summed E-state index contributed by atoms with van der Waals surface area (Å²) in [4.78, 5) is 9.61. The second-order valence-electron chi connectivity index (χ2n) is 9.22. The van der Waals surface area contributed by atoms with Crippen LogP contribution >= 0.6 is 0 Å². The Labute approximate surface area is 208 Å². The van der Waals surface area contributed by atoms with Crippen LogP contribution in [0.4, 0.5) is 5.69 Å². The minimum atomic E-state index is -0.0423. The molecule has 0 aliphatic carbocycles. The molecule has 0 bridgehead atoms. The van der Waals surface area contributed by atoms with Gasteiger partial charge in [0.25, 0.3) is 0 Å². The summed E-state index contributed by atoms with van der Waals surface area (Å²) >= 11 is 0. The van der Waals surface area contributed by atoms with Gasteiger partial charge in [-0.1, -0.05) is 60.7 Å². The fourth-order valence-corrected chi connectivity index (χ4v) is 4.97. The number of phenolic OH excluding ortho intramolecular Hbond substituents is 3. The fraction of sp³-hybridized carbons (Fsp3) is 0.133. The van der Waals surface area contributed by atoms with Crippen molar-refractivity contribution in [1.29, 1.82) is 0 Å². The molecule has 5 aromatic rings. The molecular formula is C30H25N3O3. The smallest absolute Gasteiger partial charge is 0.141 e. The molecule has 36 heavy (non-hydrogen) atoms. The van der Waals surface area contributed by atoms with Gasteiger partial charge in [0, 0.05) is 39.7 Å². The summed E-state index contributed by atoms with van der Waals surface area (Å²) in [6, 6.07) is 24.1. The van der Waals surface area contributed by atoms with E-state index in [0.29, 0.717) is 23.9 Å². The average molecular weight is 476 g/mol. The number of rotatable bonds is 5. The maximum atomic E-state index is 10.4. The molecule has 3 heterocycles.